The SMILES string of the molecule is CCN1C(=S)N[C@@H](c2ccccn2)[C@H]1c1cc(C)n(-c2cccc(C(F)(F)F)c2)c1C. The van der Waals surface area contributed by atoms with Crippen molar-refractivity contribution in [2.24, 2.45) is 0 Å². The van der Waals surface area contributed by atoms with Crippen LogP contribution in [-0.2, 0) is 6.18 Å². The Morgan fingerprint density at radius 2 is 1.87 bits per heavy atom. The molecule has 0 aliphatic carbocycles. The maximum Gasteiger partial charge on any atom is 0.416 e. The van der Waals surface area contributed by atoms with Gasteiger partial charge >= 0.3 is 6.18 Å². The van der Waals surface area contributed by atoms with Crippen molar-refractivity contribution in [1.29, 1.82) is 0 Å². The van der Waals surface area contributed by atoms with Gasteiger partial charge in [0.05, 0.1) is 23.3 Å². The molecule has 0 bridgehead atoms. The first-order valence-corrected chi connectivity index (χ1v) is 10.5. The van der Waals surface area contributed by atoms with Crippen LogP contribution in [0.2, 0.25) is 0 Å². The largest absolute Gasteiger partial charge is 0.416 e. The molecule has 1 aromatic carbocycles. The number of rotatable bonds is 4. The van der Waals surface area contributed by atoms with E-state index in [1.165, 1.54) is 12.1 Å². The zero-order valence-corrected chi connectivity index (χ0v) is 18.3. The summed E-state index contributed by atoms with van der Waals surface area (Å²) in [5, 5.41) is 4.03. The Labute approximate surface area is 184 Å². The molecule has 0 unspecified atom stereocenters. The molecule has 162 valence electrons. The lowest BCUT2D eigenvalue weighted by Gasteiger charge is -2.27. The lowest BCUT2D eigenvalue weighted by Crippen LogP contribution is -2.29. The number of hydrogen-bond acceptors (Lipinski definition) is 2. The molecule has 1 saturated heterocycles. The van der Waals surface area contributed by atoms with Crippen molar-refractivity contribution in [3.63, 3.8) is 0 Å². The Kier molecular flexibility index (Phi) is 5.51. The number of alkyl halides is 3. The van der Waals surface area contributed by atoms with Crippen LogP contribution in [0.3, 0.4) is 0 Å². The number of benzene rings is 1. The number of likely N-dealkylation sites (N-methyl/N-ethyl adjacent to an activating group) is 1. The zero-order valence-electron chi connectivity index (χ0n) is 17.4. The third-order valence-electron chi connectivity index (χ3n) is 5.76. The van der Waals surface area contributed by atoms with Gasteiger partial charge in [0.2, 0.25) is 0 Å². The number of aryl methyl sites for hydroxylation is 1. The van der Waals surface area contributed by atoms with Crippen LogP contribution in [0.1, 0.15) is 47.2 Å². The van der Waals surface area contributed by atoms with Gasteiger partial charge < -0.3 is 14.8 Å². The number of halogens is 3. The van der Waals surface area contributed by atoms with Crippen molar-refractivity contribution in [2.45, 2.75) is 39.0 Å². The maximum atomic E-state index is 13.3. The van der Waals surface area contributed by atoms with E-state index in [2.05, 4.69) is 15.2 Å². The van der Waals surface area contributed by atoms with E-state index < -0.39 is 11.7 Å². The molecular formula is C23H23F3N4S. The van der Waals surface area contributed by atoms with Crippen LogP contribution in [0.4, 0.5) is 13.2 Å². The summed E-state index contributed by atoms with van der Waals surface area (Å²) in [6, 6.07) is 13.0. The van der Waals surface area contributed by atoms with Gasteiger partial charge in [-0.2, -0.15) is 13.2 Å². The van der Waals surface area contributed by atoms with E-state index in [9.17, 15) is 13.2 Å². The maximum absolute atomic E-state index is 13.3. The number of aromatic nitrogens is 2. The van der Waals surface area contributed by atoms with E-state index in [1.807, 2.05) is 49.6 Å². The number of pyridine rings is 1. The molecule has 4 rings (SSSR count). The third-order valence-corrected chi connectivity index (χ3v) is 6.11. The van der Waals surface area contributed by atoms with Gasteiger partial charge in [-0.25, -0.2) is 0 Å². The van der Waals surface area contributed by atoms with Crippen LogP contribution in [0.15, 0.2) is 54.7 Å². The highest BCUT2D eigenvalue weighted by Gasteiger charge is 2.40. The van der Waals surface area contributed by atoms with Gasteiger partial charge in [0, 0.05) is 29.8 Å². The van der Waals surface area contributed by atoms with Gasteiger partial charge in [0.1, 0.15) is 0 Å². The predicted octanol–water partition coefficient (Wildman–Crippen LogP) is 5.50. The molecule has 0 radical (unpaired) electrons. The summed E-state index contributed by atoms with van der Waals surface area (Å²) in [5.41, 5.74) is 3.45. The van der Waals surface area contributed by atoms with Gasteiger partial charge in [-0.1, -0.05) is 12.1 Å². The molecule has 1 aliphatic rings. The van der Waals surface area contributed by atoms with Gasteiger partial charge in [-0.15, -0.1) is 0 Å². The quantitative estimate of drug-likeness (QED) is 0.539. The van der Waals surface area contributed by atoms with Crippen LogP contribution in [-0.4, -0.2) is 26.1 Å². The molecule has 0 saturated carbocycles. The Bertz CT molecular complexity index is 1110. The molecule has 1 aliphatic heterocycles. The smallest absolute Gasteiger partial charge is 0.352 e. The monoisotopic (exact) mass is 444 g/mol. The van der Waals surface area contributed by atoms with Crippen LogP contribution >= 0.6 is 12.2 Å². The first-order valence-electron chi connectivity index (χ1n) is 10.1. The lowest BCUT2D eigenvalue weighted by atomic mass is 9.97. The number of hydrogen-bond donors (Lipinski definition) is 1. The number of thiocarbonyl (C=S) groups is 1. The molecule has 8 heteroatoms. The van der Waals surface area contributed by atoms with Crippen molar-refractivity contribution in [3.8, 4) is 5.69 Å². The van der Waals surface area contributed by atoms with Crippen LogP contribution in [0.25, 0.3) is 5.69 Å². The van der Waals surface area contributed by atoms with Crippen molar-refractivity contribution < 1.29 is 13.2 Å². The van der Waals surface area contributed by atoms with Crippen molar-refractivity contribution in [2.75, 3.05) is 6.54 Å². The summed E-state index contributed by atoms with van der Waals surface area (Å²) < 4.78 is 41.7. The summed E-state index contributed by atoms with van der Waals surface area (Å²) in [6.45, 7) is 6.58. The standard InChI is InChI=1S/C23H23F3N4S/c1-4-29-21(20(28-22(29)31)19-10-5-6-11-27-19)18-12-14(2)30(15(18)3)17-9-7-8-16(13-17)23(24,25)26/h5-13,20-21H,4H2,1-3H3,(H,28,31)/t20-,21+/m0/s1. The molecule has 3 aromatic rings. The molecule has 2 atom stereocenters. The average Bonchev–Trinajstić information content (AvgIpc) is 3.23. The molecule has 1 N–H and O–H groups in total. The fraction of sp³-hybridized carbons (Fsp3) is 0.304. The first-order chi connectivity index (χ1) is 14.7. The highest BCUT2D eigenvalue weighted by atomic mass is 32.1. The summed E-state index contributed by atoms with van der Waals surface area (Å²) >= 11 is 5.58. The number of nitrogens with one attached hydrogen (secondary N) is 1. The minimum absolute atomic E-state index is 0.113. The van der Waals surface area contributed by atoms with Gasteiger partial charge in [-0.3, -0.25) is 4.98 Å². The number of nitrogens with zero attached hydrogens (tertiary/aromatic N) is 3. The molecule has 2 aromatic heterocycles. The Balaban J connectivity index is 1.83. The molecule has 0 spiro atoms. The van der Waals surface area contributed by atoms with Crippen molar-refractivity contribution in [3.05, 3.63) is 82.9 Å². The van der Waals surface area contributed by atoms with Crippen LogP contribution in [0, 0.1) is 13.8 Å². The highest BCUT2D eigenvalue weighted by molar-refractivity contribution is 7.80. The van der Waals surface area contributed by atoms with E-state index in [4.69, 9.17) is 12.2 Å². The fourth-order valence-electron chi connectivity index (χ4n) is 4.39. The van der Waals surface area contributed by atoms with Gasteiger partial charge in [0.25, 0.3) is 0 Å². The van der Waals surface area contributed by atoms with Crippen LogP contribution < -0.4 is 5.32 Å². The normalized spacial score (nSPS) is 19.0. The van der Waals surface area contributed by atoms with E-state index in [1.54, 1.807) is 12.3 Å². The first kappa shape index (κ1) is 21.4. The summed E-state index contributed by atoms with van der Waals surface area (Å²) in [5.74, 6) is 0. The molecule has 4 nitrogen and oxygen atoms in total. The Morgan fingerprint density at radius 1 is 1.10 bits per heavy atom. The second kappa shape index (κ2) is 8.00. The second-order valence-corrected chi connectivity index (χ2v) is 8.01. The van der Waals surface area contributed by atoms with Gasteiger partial charge in [-0.05, 0) is 75.0 Å². The van der Waals surface area contributed by atoms with Crippen molar-refractivity contribution in [1.82, 2.24) is 19.8 Å². The van der Waals surface area contributed by atoms with E-state index in [-0.39, 0.29) is 12.1 Å². The topological polar surface area (TPSA) is 33.1 Å². The van der Waals surface area contributed by atoms with E-state index >= 15 is 0 Å². The minimum atomic E-state index is -4.39. The molecule has 3 heterocycles. The second-order valence-electron chi connectivity index (χ2n) is 7.62. The Morgan fingerprint density at radius 3 is 2.52 bits per heavy atom. The molecule has 1 fully saturated rings. The minimum Gasteiger partial charge on any atom is -0.352 e. The van der Waals surface area contributed by atoms with Gasteiger partial charge in [0.15, 0.2) is 5.11 Å². The van der Waals surface area contributed by atoms with Crippen molar-refractivity contribution >= 4 is 17.3 Å². The van der Waals surface area contributed by atoms with E-state index in [0.29, 0.717) is 17.3 Å². The molecule has 31 heavy (non-hydrogen) atoms. The summed E-state index contributed by atoms with van der Waals surface area (Å²) in [4.78, 5) is 6.62. The lowest BCUT2D eigenvalue weighted by molar-refractivity contribution is -0.137. The summed E-state index contributed by atoms with van der Waals surface area (Å²) in [7, 11) is 0. The van der Waals surface area contributed by atoms with E-state index in [0.717, 1.165) is 28.7 Å². The molecule has 0 amide bonds. The summed E-state index contributed by atoms with van der Waals surface area (Å²) in [6.07, 6.45) is -2.64. The fourth-order valence-corrected chi connectivity index (χ4v) is 4.76. The third kappa shape index (κ3) is 3.80. The molecular weight excluding hydrogens is 421 g/mol. The predicted molar refractivity (Wildman–Crippen MR) is 118 cm³/mol. The Hall–Kier alpha value is -2.87. The zero-order chi connectivity index (χ0) is 22.3. The van der Waals surface area contributed by atoms with Crippen LogP contribution in [0.5, 0.6) is 0 Å². The average molecular weight is 445 g/mol. The highest BCUT2D eigenvalue weighted by Crippen LogP contribution is 2.41.